The fraction of sp³-hybridized carbons (Fsp3) is 0.350. The van der Waals surface area contributed by atoms with Gasteiger partial charge in [-0.3, -0.25) is 4.79 Å². The topological polar surface area (TPSA) is 33.5 Å². The molecule has 2 atom stereocenters. The van der Waals surface area contributed by atoms with Gasteiger partial charge in [-0.1, -0.05) is 60.1 Å². The molecule has 0 radical (unpaired) electrons. The third kappa shape index (κ3) is 5.46. The first-order chi connectivity index (χ1) is 11.5. The van der Waals surface area contributed by atoms with Crippen LogP contribution in [0.4, 0.5) is 5.69 Å². The second-order valence-electron chi connectivity index (χ2n) is 6.38. The van der Waals surface area contributed by atoms with Crippen LogP contribution in [0.1, 0.15) is 37.3 Å². The van der Waals surface area contributed by atoms with E-state index in [0.29, 0.717) is 12.5 Å². The van der Waals surface area contributed by atoms with Crippen LogP contribution < -0.4 is 10.2 Å². The predicted octanol–water partition coefficient (Wildman–Crippen LogP) is 3.62. The zero-order valence-corrected chi connectivity index (χ0v) is 16.2. The Morgan fingerprint density at radius 3 is 2.50 bits per heavy atom. The average Bonchev–Trinajstić information content (AvgIpc) is 2.56. The Bertz CT molecular complexity index is 670. The summed E-state index contributed by atoms with van der Waals surface area (Å²) in [6.45, 7) is 5.63. The van der Waals surface area contributed by atoms with E-state index in [9.17, 15) is 4.79 Å². The molecule has 0 fully saturated rings. The van der Waals surface area contributed by atoms with Crippen LogP contribution in [0.3, 0.4) is 0 Å². The van der Waals surface area contributed by atoms with Gasteiger partial charge in [0.1, 0.15) is 6.54 Å². The normalized spacial score (nSPS) is 13.3. The molecule has 2 N–H and O–H groups in total. The summed E-state index contributed by atoms with van der Waals surface area (Å²) in [7, 11) is 2.04. The van der Waals surface area contributed by atoms with Crippen LogP contribution in [0.15, 0.2) is 53.0 Å². The van der Waals surface area contributed by atoms with Crippen molar-refractivity contribution >= 4 is 27.5 Å². The van der Waals surface area contributed by atoms with Crippen molar-refractivity contribution in [1.82, 2.24) is 0 Å². The number of amides is 1. The van der Waals surface area contributed by atoms with E-state index in [1.807, 2.05) is 37.4 Å². The van der Waals surface area contributed by atoms with Gasteiger partial charge >= 0.3 is 0 Å². The number of carbonyl (C=O) groups excluding carboxylic acids is 1. The van der Waals surface area contributed by atoms with Crippen molar-refractivity contribution in [2.24, 2.45) is 0 Å². The number of anilines is 1. The number of hydrogen-bond donors (Lipinski definition) is 2. The van der Waals surface area contributed by atoms with E-state index in [2.05, 4.69) is 53.3 Å². The number of likely N-dealkylation sites (N-methyl/N-ethyl adjacent to an activating group) is 1. The lowest BCUT2D eigenvalue weighted by Crippen LogP contribution is -3.08. The summed E-state index contributed by atoms with van der Waals surface area (Å²) in [5, 5.41) is 3.08. The zero-order chi connectivity index (χ0) is 17.5. The number of halogens is 1. The Kier molecular flexibility index (Phi) is 7.00. The van der Waals surface area contributed by atoms with Gasteiger partial charge in [0.15, 0.2) is 6.54 Å². The first kappa shape index (κ1) is 18.7. The largest absolute Gasteiger partial charge is 0.326 e. The monoisotopic (exact) mass is 389 g/mol. The molecule has 0 saturated carbocycles. The van der Waals surface area contributed by atoms with Gasteiger partial charge in [0.05, 0.1) is 7.05 Å². The SMILES string of the molecule is CC[C@@H](C)c1ccccc1NC(=O)C[NH+](C)Cc1ccc(Br)cc1. The number of benzene rings is 2. The first-order valence-electron chi connectivity index (χ1n) is 8.44. The van der Waals surface area contributed by atoms with E-state index >= 15 is 0 Å². The molecule has 0 bridgehead atoms. The lowest BCUT2D eigenvalue weighted by atomic mass is 9.97. The molecule has 2 rings (SSSR count). The van der Waals surface area contributed by atoms with E-state index in [0.717, 1.165) is 28.0 Å². The maximum atomic E-state index is 12.4. The Hall–Kier alpha value is -1.65. The van der Waals surface area contributed by atoms with Gasteiger partial charge in [0.25, 0.3) is 5.91 Å². The minimum absolute atomic E-state index is 0.0559. The van der Waals surface area contributed by atoms with Gasteiger partial charge in [0.2, 0.25) is 0 Å². The Morgan fingerprint density at radius 2 is 1.83 bits per heavy atom. The molecule has 128 valence electrons. The number of quaternary nitrogens is 1. The fourth-order valence-electron chi connectivity index (χ4n) is 2.74. The lowest BCUT2D eigenvalue weighted by molar-refractivity contribution is -0.885. The van der Waals surface area contributed by atoms with Crippen LogP contribution in [0.25, 0.3) is 0 Å². The van der Waals surface area contributed by atoms with E-state index in [-0.39, 0.29) is 5.91 Å². The molecule has 0 spiro atoms. The number of para-hydroxylation sites is 1. The summed E-state index contributed by atoms with van der Waals surface area (Å²) in [5.74, 6) is 0.495. The van der Waals surface area contributed by atoms with Gasteiger partial charge in [0, 0.05) is 15.7 Å². The smallest absolute Gasteiger partial charge is 0.279 e. The van der Waals surface area contributed by atoms with Crippen LogP contribution in [-0.4, -0.2) is 19.5 Å². The Balaban J connectivity index is 1.94. The van der Waals surface area contributed by atoms with Gasteiger partial charge < -0.3 is 10.2 Å². The summed E-state index contributed by atoms with van der Waals surface area (Å²) in [6.07, 6.45) is 1.06. The van der Waals surface area contributed by atoms with Crippen LogP contribution >= 0.6 is 15.9 Å². The Morgan fingerprint density at radius 1 is 1.17 bits per heavy atom. The zero-order valence-electron chi connectivity index (χ0n) is 14.6. The fourth-order valence-corrected chi connectivity index (χ4v) is 3.01. The summed E-state index contributed by atoms with van der Waals surface area (Å²) in [5.41, 5.74) is 3.37. The number of nitrogens with one attached hydrogen (secondary N) is 2. The molecule has 0 heterocycles. The standard InChI is InChI=1S/C20H25BrN2O/c1-4-15(2)18-7-5-6-8-19(18)22-20(24)14-23(3)13-16-9-11-17(21)12-10-16/h5-12,15H,4,13-14H2,1-3H3,(H,22,24)/p+1/t15-/m1/s1. The van der Waals surface area contributed by atoms with Crippen molar-refractivity contribution in [3.8, 4) is 0 Å². The second-order valence-corrected chi connectivity index (χ2v) is 7.30. The molecule has 0 aliphatic carbocycles. The maximum Gasteiger partial charge on any atom is 0.279 e. The molecule has 4 heteroatoms. The first-order valence-corrected chi connectivity index (χ1v) is 9.23. The molecule has 0 aliphatic heterocycles. The van der Waals surface area contributed by atoms with E-state index in [4.69, 9.17) is 0 Å². The maximum absolute atomic E-state index is 12.4. The molecule has 0 aromatic heterocycles. The van der Waals surface area contributed by atoms with Crippen molar-refractivity contribution in [3.63, 3.8) is 0 Å². The van der Waals surface area contributed by atoms with E-state index in [1.165, 1.54) is 11.1 Å². The Labute approximate surface area is 153 Å². The van der Waals surface area contributed by atoms with Gasteiger partial charge in [-0.05, 0) is 36.1 Å². The van der Waals surface area contributed by atoms with Crippen LogP contribution in [0.2, 0.25) is 0 Å². The molecule has 1 amide bonds. The minimum Gasteiger partial charge on any atom is -0.326 e. The van der Waals surface area contributed by atoms with E-state index in [1.54, 1.807) is 0 Å². The van der Waals surface area contributed by atoms with Crippen LogP contribution in [-0.2, 0) is 11.3 Å². The number of hydrogen-bond acceptors (Lipinski definition) is 1. The molecule has 0 saturated heterocycles. The van der Waals surface area contributed by atoms with Crippen LogP contribution in [0.5, 0.6) is 0 Å². The lowest BCUT2D eigenvalue weighted by Gasteiger charge is -2.17. The summed E-state index contributed by atoms with van der Waals surface area (Å²) >= 11 is 3.44. The highest BCUT2D eigenvalue weighted by Crippen LogP contribution is 2.26. The minimum atomic E-state index is 0.0559. The van der Waals surface area contributed by atoms with Gasteiger partial charge in [-0.15, -0.1) is 0 Å². The predicted molar refractivity (Wildman–Crippen MR) is 103 cm³/mol. The summed E-state index contributed by atoms with van der Waals surface area (Å²) in [4.78, 5) is 13.6. The molecule has 2 aromatic carbocycles. The molecule has 2 aromatic rings. The van der Waals surface area contributed by atoms with Crippen molar-refractivity contribution in [2.75, 3.05) is 18.9 Å². The summed E-state index contributed by atoms with van der Waals surface area (Å²) < 4.78 is 1.07. The molecular weight excluding hydrogens is 364 g/mol. The van der Waals surface area contributed by atoms with Gasteiger partial charge in [-0.25, -0.2) is 0 Å². The molecule has 0 aliphatic rings. The number of carbonyl (C=O) groups is 1. The quantitative estimate of drug-likeness (QED) is 0.744. The van der Waals surface area contributed by atoms with E-state index < -0.39 is 0 Å². The summed E-state index contributed by atoms with van der Waals surface area (Å²) in [6, 6.07) is 16.3. The van der Waals surface area contributed by atoms with Crippen molar-refractivity contribution in [2.45, 2.75) is 32.7 Å². The number of rotatable bonds is 7. The highest BCUT2D eigenvalue weighted by Gasteiger charge is 2.14. The average molecular weight is 390 g/mol. The van der Waals surface area contributed by atoms with Crippen molar-refractivity contribution in [3.05, 3.63) is 64.1 Å². The van der Waals surface area contributed by atoms with Crippen molar-refractivity contribution < 1.29 is 9.69 Å². The van der Waals surface area contributed by atoms with Crippen LogP contribution in [0, 0.1) is 0 Å². The highest BCUT2D eigenvalue weighted by molar-refractivity contribution is 9.10. The molecule has 24 heavy (non-hydrogen) atoms. The molecule has 1 unspecified atom stereocenters. The molecular formula is C20H26BrN2O+. The third-order valence-electron chi connectivity index (χ3n) is 4.26. The van der Waals surface area contributed by atoms with Crippen molar-refractivity contribution in [1.29, 1.82) is 0 Å². The molecule has 3 nitrogen and oxygen atoms in total. The third-order valence-corrected chi connectivity index (χ3v) is 4.79. The second kappa shape index (κ2) is 9.00. The van der Waals surface area contributed by atoms with Gasteiger partial charge in [-0.2, -0.15) is 0 Å². The highest BCUT2D eigenvalue weighted by atomic mass is 79.9.